The molecule has 1 aliphatic rings. The smallest absolute Gasteiger partial charge is 0.0945 e. The molecular formula is C17H23N3OS. The molecule has 0 atom stereocenters. The molecule has 3 rings (SSSR count). The SMILES string of the molecule is CN(C)Cc1ccc2cccc(NSC3CCOCC3)c2n1. The van der Waals surface area contributed by atoms with Crippen molar-refractivity contribution in [3.8, 4) is 0 Å². The van der Waals surface area contributed by atoms with Gasteiger partial charge in [0.15, 0.2) is 0 Å². The van der Waals surface area contributed by atoms with Gasteiger partial charge in [-0.2, -0.15) is 0 Å². The summed E-state index contributed by atoms with van der Waals surface area (Å²) in [6.45, 7) is 2.61. The van der Waals surface area contributed by atoms with Crippen LogP contribution in [0.2, 0.25) is 0 Å². The standard InChI is InChI=1S/C17H23N3OS/c1-20(2)12-14-7-6-13-4-3-5-16(17(13)18-14)19-22-15-8-10-21-11-9-15/h3-7,15,19H,8-12H2,1-2H3. The highest BCUT2D eigenvalue weighted by molar-refractivity contribution is 8.01. The van der Waals surface area contributed by atoms with E-state index >= 15 is 0 Å². The molecule has 0 radical (unpaired) electrons. The summed E-state index contributed by atoms with van der Waals surface area (Å²) in [6, 6.07) is 10.6. The van der Waals surface area contributed by atoms with Crippen LogP contribution < -0.4 is 4.72 Å². The van der Waals surface area contributed by atoms with Crippen molar-refractivity contribution < 1.29 is 4.74 Å². The summed E-state index contributed by atoms with van der Waals surface area (Å²) in [4.78, 5) is 6.98. The van der Waals surface area contributed by atoms with Gasteiger partial charge in [-0.25, -0.2) is 4.98 Å². The van der Waals surface area contributed by atoms with Crippen LogP contribution in [-0.2, 0) is 11.3 Å². The van der Waals surface area contributed by atoms with Gasteiger partial charge in [-0.15, -0.1) is 0 Å². The summed E-state index contributed by atoms with van der Waals surface area (Å²) in [6.07, 6.45) is 2.23. The monoisotopic (exact) mass is 317 g/mol. The number of rotatable bonds is 5. The summed E-state index contributed by atoms with van der Waals surface area (Å²) in [7, 11) is 4.13. The number of aromatic nitrogens is 1. The summed E-state index contributed by atoms with van der Waals surface area (Å²) in [5.74, 6) is 0. The molecule has 1 saturated heterocycles. The van der Waals surface area contributed by atoms with Crippen molar-refractivity contribution in [2.24, 2.45) is 0 Å². The molecule has 0 bridgehead atoms. The lowest BCUT2D eigenvalue weighted by molar-refractivity contribution is 0.100. The van der Waals surface area contributed by atoms with Crippen LogP contribution in [0.3, 0.4) is 0 Å². The van der Waals surface area contributed by atoms with Crippen molar-refractivity contribution in [1.82, 2.24) is 9.88 Å². The van der Waals surface area contributed by atoms with Crippen LogP contribution in [0.15, 0.2) is 30.3 Å². The van der Waals surface area contributed by atoms with Crippen LogP contribution >= 0.6 is 11.9 Å². The van der Waals surface area contributed by atoms with E-state index in [-0.39, 0.29) is 0 Å². The van der Waals surface area contributed by atoms with Crippen molar-refractivity contribution in [3.63, 3.8) is 0 Å². The van der Waals surface area contributed by atoms with E-state index < -0.39 is 0 Å². The van der Waals surface area contributed by atoms with E-state index in [4.69, 9.17) is 9.72 Å². The van der Waals surface area contributed by atoms with Crippen molar-refractivity contribution in [1.29, 1.82) is 0 Å². The summed E-state index contributed by atoms with van der Waals surface area (Å²) >= 11 is 1.80. The predicted octanol–water partition coefficient (Wildman–Crippen LogP) is 3.54. The molecule has 1 aromatic carbocycles. The third-order valence-corrected chi connectivity index (χ3v) is 4.90. The number of benzene rings is 1. The van der Waals surface area contributed by atoms with E-state index in [9.17, 15) is 0 Å². The fraction of sp³-hybridized carbons (Fsp3) is 0.471. The molecule has 0 spiro atoms. The molecule has 1 aromatic heterocycles. The van der Waals surface area contributed by atoms with Gasteiger partial charge in [-0.1, -0.05) is 18.2 Å². The fourth-order valence-corrected chi connectivity index (χ4v) is 3.51. The lowest BCUT2D eigenvalue weighted by Gasteiger charge is -2.22. The first-order chi connectivity index (χ1) is 10.7. The maximum Gasteiger partial charge on any atom is 0.0945 e. The van der Waals surface area contributed by atoms with Gasteiger partial charge in [0.05, 0.1) is 16.9 Å². The maximum atomic E-state index is 5.42. The molecule has 5 heteroatoms. The molecule has 118 valence electrons. The van der Waals surface area contributed by atoms with Gasteiger partial charge >= 0.3 is 0 Å². The summed E-state index contributed by atoms with van der Waals surface area (Å²) < 4.78 is 8.94. The number of ether oxygens (including phenoxy) is 1. The quantitative estimate of drug-likeness (QED) is 0.854. The van der Waals surface area contributed by atoms with Crippen LogP contribution in [-0.4, -0.2) is 42.4 Å². The van der Waals surface area contributed by atoms with Crippen molar-refractivity contribution in [2.75, 3.05) is 32.0 Å². The summed E-state index contributed by atoms with van der Waals surface area (Å²) in [5, 5.41) is 1.80. The second-order valence-corrected chi connectivity index (χ2v) is 7.06. The van der Waals surface area contributed by atoms with Gasteiger partial charge in [0.2, 0.25) is 0 Å². The maximum absolute atomic E-state index is 5.42. The number of nitrogens with one attached hydrogen (secondary N) is 1. The minimum absolute atomic E-state index is 0.619. The minimum atomic E-state index is 0.619. The number of pyridine rings is 1. The highest BCUT2D eigenvalue weighted by Gasteiger charge is 2.15. The van der Waals surface area contributed by atoms with E-state index in [1.165, 1.54) is 5.39 Å². The number of para-hydroxylation sites is 1. The average Bonchev–Trinajstić information content (AvgIpc) is 2.53. The van der Waals surface area contributed by atoms with Crippen LogP contribution in [0.4, 0.5) is 5.69 Å². The molecular weight excluding hydrogens is 294 g/mol. The van der Waals surface area contributed by atoms with Gasteiger partial charge in [-0.3, -0.25) is 0 Å². The first kappa shape index (κ1) is 15.6. The van der Waals surface area contributed by atoms with Crippen LogP contribution in [0.25, 0.3) is 10.9 Å². The van der Waals surface area contributed by atoms with E-state index in [0.717, 1.165) is 49.5 Å². The Bertz CT molecular complexity index is 626. The van der Waals surface area contributed by atoms with Gasteiger partial charge in [-0.05, 0) is 51.0 Å². The second kappa shape index (κ2) is 7.31. The Hall–Kier alpha value is -1.30. The van der Waals surface area contributed by atoms with Crippen LogP contribution in [0.1, 0.15) is 18.5 Å². The molecule has 2 aromatic rings. The number of nitrogens with zero attached hydrogens (tertiary/aromatic N) is 2. The van der Waals surface area contributed by atoms with Crippen molar-refractivity contribution in [2.45, 2.75) is 24.6 Å². The zero-order valence-electron chi connectivity index (χ0n) is 13.2. The van der Waals surface area contributed by atoms with Crippen LogP contribution in [0.5, 0.6) is 0 Å². The predicted molar refractivity (Wildman–Crippen MR) is 94.2 cm³/mol. The second-order valence-electron chi connectivity index (χ2n) is 5.95. The topological polar surface area (TPSA) is 37.4 Å². The average molecular weight is 317 g/mol. The minimum Gasteiger partial charge on any atom is -0.381 e. The Kier molecular flexibility index (Phi) is 5.18. The zero-order valence-corrected chi connectivity index (χ0v) is 14.0. The fourth-order valence-electron chi connectivity index (χ4n) is 2.62. The molecule has 0 unspecified atom stereocenters. The number of hydrogen-bond acceptors (Lipinski definition) is 5. The Morgan fingerprint density at radius 2 is 2.05 bits per heavy atom. The third-order valence-electron chi connectivity index (χ3n) is 3.76. The molecule has 2 heterocycles. The largest absolute Gasteiger partial charge is 0.381 e. The Morgan fingerprint density at radius 1 is 1.23 bits per heavy atom. The van der Waals surface area contributed by atoms with Gasteiger partial charge in [0.25, 0.3) is 0 Å². The first-order valence-corrected chi connectivity index (χ1v) is 8.63. The highest BCUT2D eigenvalue weighted by atomic mass is 32.2. The molecule has 4 nitrogen and oxygen atoms in total. The number of hydrogen-bond donors (Lipinski definition) is 1. The van der Waals surface area contributed by atoms with Crippen molar-refractivity contribution in [3.05, 3.63) is 36.0 Å². The van der Waals surface area contributed by atoms with Gasteiger partial charge in [0, 0.05) is 30.4 Å². The van der Waals surface area contributed by atoms with Gasteiger partial charge < -0.3 is 14.4 Å². The van der Waals surface area contributed by atoms with Crippen molar-refractivity contribution >= 4 is 28.5 Å². The molecule has 0 aliphatic carbocycles. The zero-order chi connectivity index (χ0) is 15.4. The number of anilines is 1. The normalized spacial score (nSPS) is 16.3. The van der Waals surface area contributed by atoms with Crippen LogP contribution in [0, 0.1) is 0 Å². The first-order valence-electron chi connectivity index (χ1n) is 7.75. The Morgan fingerprint density at radius 3 is 2.82 bits per heavy atom. The Balaban J connectivity index is 1.78. The third kappa shape index (κ3) is 3.91. The van der Waals surface area contributed by atoms with E-state index in [1.807, 2.05) is 0 Å². The van der Waals surface area contributed by atoms with E-state index in [1.54, 1.807) is 11.9 Å². The van der Waals surface area contributed by atoms with E-state index in [0.29, 0.717) is 5.25 Å². The van der Waals surface area contributed by atoms with Gasteiger partial charge in [0.1, 0.15) is 0 Å². The summed E-state index contributed by atoms with van der Waals surface area (Å²) in [5.41, 5.74) is 3.26. The van der Waals surface area contributed by atoms with E-state index in [2.05, 4.69) is 54.0 Å². The molecule has 0 amide bonds. The Labute approximate surface area is 136 Å². The molecule has 22 heavy (non-hydrogen) atoms. The lowest BCUT2D eigenvalue weighted by Crippen LogP contribution is -2.18. The number of fused-ring (bicyclic) bond motifs is 1. The lowest BCUT2D eigenvalue weighted by atomic mass is 10.2. The highest BCUT2D eigenvalue weighted by Crippen LogP contribution is 2.28. The molecule has 1 aliphatic heterocycles. The molecule has 0 saturated carbocycles. The molecule has 1 N–H and O–H groups in total. The molecule has 1 fully saturated rings.